The van der Waals surface area contributed by atoms with Crippen LogP contribution in [0.3, 0.4) is 0 Å². The number of hydrogen-bond donors (Lipinski definition) is 3. The number of carboxylic acids is 1. The second kappa shape index (κ2) is 7.93. The van der Waals surface area contributed by atoms with Gasteiger partial charge in [-0.25, -0.2) is 0 Å². The van der Waals surface area contributed by atoms with E-state index in [4.69, 9.17) is 10.8 Å². The van der Waals surface area contributed by atoms with Crippen LogP contribution in [0.25, 0.3) is 0 Å². The average Bonchev–Trinajstić information content (AvgIpc) is 3.11. The topological polar surface area (TPSA) is 81.8 Å². The number of nitrogens with zero attached hydrogens (tertiary/aromatic N) is 2. The summed E-state index contributed by atoms with van der Waals surface area (Å²) in [5.74, 6) is -0.902. The number of carbonyl (C=O) groups is 1. The first-order chi connectivity index (χ1) is 9.68. The molecular weight excluding hydrogens is 256 g/mol. The third-order valence-corrected chi connectivity index (χ3v) is 4.31. The highest BCUT2D eigenvalue weighted by Crippen LogP contribution is 2.17. The van der Waals surface area contributed by atoms with Gasteiger partial charge in [0.25, 0.3) is 0 Å². The molecule has 0 saturated carbocycles. The van der Waals surface area contributed by atoms with Crippen LogP contribution in [-0.4, -0.2) is 65.9 Å². The summed E-state index contributed by atoms with van der Waals surface area (Å²) in [6.07, 6.45) is 6.83. The number of likely N-dealkylation sites (tertiary alicyclic amines) is 2. The van der Waals surface area contributed by atoms with E-state index in [-0.39, 0.29) is 0 Å². The zero-order valence-electron chi connectivity index (χ0n) is 12.3. The summed E-state index contributed by atoms with van der Waals surface area (Å²) in [6.45, 7) is 5.51. The molecule has 0 bridgehead atoms. The predicted octanol–water partition coefficient (Wildman–Crippen LogP) is 0.243. The maximum atomic E-state index is 10.7. The molecule has 2 rings (SSSR count). The van der Waals surface area contributed by atoms with E-state index >= 15 is 0 Å². The second-order valence-electron chi connectivity index (χ2n) is 5.90. The Morgan fingerprint density at radius 1 is 1.10 bits per heavy atom. The molecule has 0 aromatic rings. The van der Waals surface area contributed by atoms with Crippen LogP contribution in [0.5, 0.6) is 0 Å². The van der Waals surface area contributed by atoms with Crippen molar-refractivity contribution in [2.24, 2.45) is 5.73 Å². The number of nitrogens with one attached hydrogen (secondary N) is 1. The minimum absolute atomic E-state index is 0.334. The van der Waals surface area contributed by atoms with Crippen molar-refractivity contribution in [3.8, 4) is 0 Å². The molecule has 2 saturated heterocycles. The number of carboxylic acid groups (broad SMARTS) is 1. The maximum Gasteiger partial charge on any atom is 0.320 e. The third kappa shape index (κ3) is 4.41. The Morgan fingerprint density at radius 2 is 1.60 bits per heavy atom. The molecule has 0 aliphatic carbocycles. The number of hydrogen-bond acceptors (Lipinski definition) is 5. The van der Waals surface area contributed by atoms with Gasteiger partial charge in [0.2, 0.25) is 0 Å². The van der Waals surface area contributed by atoms with E-state index < -0.39 is 12.0 Å². The van der Waals surface area contributed by atoms with Crippen molar-refractivity contribution in [1.29, 1.82) is 0 Å². The smallest absolute Gasteiger partial charge is 0.320 e. The van der Waals surface area contributed by atoms with Crippen LogP contribution in [0, 0.1) is 0 Å². The van der Waals surface area contributed by atoms with Crippen LogP contribution >= 0.6 is 0 Å². The van der Waals surface area contributed by atoms with Crippen LogP contribution < -0.4 is 11.1 Å². The predicted molar refractivity (Wildman–Crippen MR) is 78.2 cm³/mol. The average molecular weight is 284 g/mol. The maximum absolute atomic E-state index is 10.7. The summed E-state index contributed by atoms with van der Waals surface area (Å²) in [4.78, 5) is 15.7. The van der Waals surface area contributed by atoms with Gasteiger partial charge in [-0.15, -0.1) is 0 Å². The van der Waals surface area contributed by atoms with Gasteiger partial charge in [0.1, 0.15) is 12.3 Å². The van der Waals surface area contributed by atoms with Crippen molar-refractivity contribution >= 4 is 5.97 Å². The lowest BCUT2D eigenvalue weighted by Crippen LogP contribution is -2.55. The van der Waals surface area contributed by atoms with Crippen LogP contribution in [0.2, 0.25) is 0 Å². The second-order valence-corrected chi connectivity index (χ2v) is 5.90. The highest BCUT2D eigenvalue weighted by Gasteiger charge is 2.28. The minimum atomic E-state index is -0.902. The van der Waals surface area contributed by atoms with E-state index in [1.807, 2.05) is 0 Å². The van der Waals surface area contributed by atoms with Crippen molar-refractivity contribution in [2.45, 2.75) is 50.9 Å². The van der Waals surface area contributed by atoms with Gasteiger partial charge in [-0.3, -0.25) is 19.9 Å². The van der Waals surface area contributed by atoms with Gasteiger partial charge >= 0.3 is 5.97 Å². The molecule has 20 heavy (non-hydrogen) atoms. The van der Waals surface area contributed by atoms with E-state index in [0.717, 1.165) is 13.0 Å². The molecule has 6 heteroatoms. The van der Waals surface area contributed by atoms with Crippen molar-refractivity contribution in [2.75, 3.05) is 32.7 Å². The highest BCUT2D eigenvalue weighted by atomic mass is 16.4. The summed E-state index contributed by atoms with van der Waals surface area (Å²) < 4.78 is 0. The van der Waals surface area contributed by atoms with Gasteiger partial charge in [0.15, 0.2) is 0 Å². The van der Waals surface area contributed by atoms with Gasteiger partial charge < -0.3 is 10.8 Å². The first-order valence-corrected chi connectivity index (χ1v) is 7.88. The molecular formula is C14H28N4O2. The zero-order valence-corrected chi connectivity index (χ0v) is 12.3. The Morgan fingerprint density at radius 3 is 2.05 bits per heavy atom. The van der Waals surface area contributed by atoms with E-state index in [2.05, 4.69) is 15.1 Å². The summed E-state index contributed by atoms with van der Waals surface area (Å²) in [7, 11) is 0. The fourth-order valence-electron chi connectivity index (χ4n) is 3.14. The lowest BCUT2D eigenvalue weighted by molar-refractivity contribution is -0.138. The molecule has 116 valence electrons. The zero-order chi connectivity index (χ0) is 14.4. The molecule has 0 radical (unpaired) electrons. The van der Waals surface area contributed by atoms with Crippen molar-refractivity contribution in [3.63, 3.8) is 0 Å². The number of rotatable bonds is 8. The number of aliphatic carboxylic acids is 1. The molecule has 0 aromatic carbocycles. The lowest BCUT2D eigenvalue weighted by Gasteiger charge is -2.35. The summed E-state index contributed by atoms with van der Waals surface area (Å²) in [6, 6.07) is -0.728. The fourth-order valence-corrected chi connectivity index (χ4v) is 3.14. The van der Waals surface area contributed by atoms with E-state index in [9.17, 15) is 4.79 Å². The van der Waals surface area contributed by atoms with Crippen molar-refractivity contribution in [3.05, 3.63) is 0 Å². The SMILES string of the molecule is NC(CCCNC(N1CCCC1)N1CCCC1)C(=O)O. The Balaban J connectivity index is 1.74. The Bertz CT molecular complexity index is 286. The molecule has 1 unspecified atom stereocenters. The number of nitrogens with two attached hydrogens (primary N) is 1. The highest BCUT2D eigenvalue weighted by molar-refractivity contribution is 5.72. The molecule has 4 N–H and O–H groups in total. The first-order valence-electron chi connectivity index (χ1n) is 7.88. The normalized spacial score (nSPS) is 22.7. The van der Waals surface area contributed by atoms with Gasteiger partial charge in [-0.2, -0.15) is 0 Å². The molecule has 1 atom stereocenters. The molecule has 0 aromatic heterocycles. The molecule has 6 nitrogen and oxygen atoms in total. The molecule has 2 aliphatic rings. The summed E-state index contributed by atoms with van der Waals surface area (Å²) >= 11 is 0. The molecule has 2 aliphatic heterocycles. The molecule has 2 heterocycles. The quantitative estimate of drug-likeness (QED) is 0.554. The summed E-state index contributed by atoms with van der Waals surface area (Å²) in [5.41, 5.74) is 5.53. The van der Waals surface area contributed by atoms with Crippen molar-refractivity contribution in [1.82, 2.24) is 15.1 Å². The van der Waals surface area contributed by atoms with E-state index in [0.29, 0.717) is 12.7 Å². The Kier molecular flexibility index (Phi) is 6.22. The standard InChI is InChI=1S/C14H28N4O2/c15-12(13(19)20)6-5-7-16-14(17-8-1-2-9-17)18-10-3-4-11-18/h12,14,16H,1-11,15H2,(H,19,20). The Hall–Kier alpha value is -0.690. The van der Waals surface area contributed by atoms with Crippen LogP contribution in [-0.2, 0) is 4.79 Å². The van der Waals surface area contributed by atoms with Gasteiger partial charge in [-0.05, 0) is 45.1 Å². The fraction of sp³-hybridized carbons (Fsp3) is 0.929. The van der Waals surface area contributed by atoms with Gasteiger partial charge in [0, 0.05) is 26.2 Å². The van der Waals surface area contributed by atoms with E-state index in [1.165, 1.54) is 51.9 Å². The first kappa shape index (κ1) is 15.7. The lowest BCUT2D eigenvalue weighted by atomic mass is 10.2. The Labute approximate surface area is 121 Å². The van der Waals surface area contributed by atoms with Crippen molar-refractivity contribution < 1.29 is 9.90 Å². The monoisotopic (exact) mass is 284 g/mol. The van der Waals surface area contributed by atoms with Gasteiger partial charge in [0.05, 0.1) is 0 Å². The van der Waals surface area contributed by atoms with Crippen LogP contribution in [0.15, 0.2) is 0 Å². The van der Waals surface area contributed by atoms with Crippen LogP contribution in [0.1, 0.15) is 38.5 Å². The van der Waals surface area contributed by atoms with Crippen LogP contribution in [0.4, 0.5) is 0 Å². The largest absolute Gasteiger partial charge is 0.480 e. The van der Waals surface area contributed by atoms with E-state index in [1.54, 1.807) is 0 Å². The molecule has 2 fully saturated rings. The van der Waals surface area contributed by atoms with Gasteiger partial charge in [-0.1, -0.05) is 0 Å². The molecule has 0 amide bonds. The third-order valence-electron chi connectivity index (χ3n) is 4.31. The molecule has 0 spiro atoms. The summed E-state index contributed by atoms with van der Waals surface area (Å²) in [5, 5.41) is 12.4. The minimum Gasteiger partial charge on any atom is -0.480 e.